The first kappa shape index (κ1) is 10.6. The van der Waals surface area contributed by atoms with Crippen LogP contribution in [0.3, 0.4) is 0 Å². The molecule has 0 aliphatic heterocycles. The van der Waals surface area contributed by atoms with Crippen molar-refractivity contribution in [2.24, 2.45) is 7.05 Å². The van der Waals surface area contributed by atoms with Gasteiger partial charge in [0.15, 0.2) is 11.6 Å². The second kappa shape index (κ2) is 3.92. The molecule has 0 radical (unpaired) electrons. The standard InChI is InChI=1S/C11H10F2N2O/c1-15-6-8(11(14-15)16-2)7-3-4-9(12)10(13)5-7/h3-6H,1-2H3. The zero-order valence-corrected chi connectivity index (χ0v) is 8.87. The second-order valence-corrected chi connectivity index (χ2v) is 3.35. The molecule has 0 amide bonds. The van der Waals surface area contributed by atoms with Gasteiger partial charge in [-0.05, 0) is 17.7 Å². The van der Waals surface area contributed by atoms with Crippen LogP contribution in [0.25, 0.3) is 11.1 Å². The maximum atomic E-state index is 13.1. The molecule has 84 valence electrons. The minimum Gasteiger partial charge on any atom is -0.479 e. The fraction of sp³-hybridized carbons (Fsp3) is 0.182. The highest BCUT2D eigenvalue weighted by atomic mass is 19.2. The van der Waals surface area contributed by atoms with Gasteiger partial charge in [0.05, 0.1) is 12.7 Å². The zero-order valence-electron chi connectivity index (χ0n) is 8.87. The number of halogens is 2. The van der Waals surface area contributed by atoms with Gasteiger partial charge in [0.25, 0.3) is 0 Å². The minimum absolute atomic E-state index is 0.383. The number of aromatic nitrogens is 2. The molecule has 0 fully saturated rings. The van der Waals surface area contributed by atoms with E-state index >= 15 is 0 Å². The molecule has 1 aromatic carbocycles. The second-order valence-electron chi connectivity index (χ2n) is 3.35. The van der Waals surface area contributed by atoms with Crippen LogP contribution >= 0.6 is 0 Å². The number of aryl methyl sites for hydroxylation is 1. The van der Waals surface area contributed by atoms with Crippen molar-refractivity contribution in [1.82, 2.24) is 9.78 Å². The summed E-state index contributed by atoms with van der Waals surface area (Å²) in [6.45, 7) is 0. The Labute approximate surface area is 91.3 Å². The Morgan fingerprint density at radius 2 is 2.00 bits per heavy atom. The van der Waals surface area contributed by atoms with Gasteiger partial charge in [-0.15, -0.1) is 5.10 Å². The van der Waals surface area contributed by atoms with Gasteiger partial charge in [-0.1, -0.05) is 6.07 Å². The molecular formula is C11H10F2N2O. The van der Waals surface area contributed by atoms with Crippen LogP contribution < -0.4 is 4.74 Å². The SMILES string of the molecule is COc1nn(C)cc1-c1ccc(F)c(F)c1. The predicted octanol–water partition coefficient (Wildman–Crippen LogP) is 2.37. The molecule has 0 spiro atoms. The molecule has 0 bridgehead atoms. The highest BCUT2D eigenvalue weighted by Crippen LogP contribution is 2.29. The van der Waals surface area contributed by atoms with E-state index in [2.05, 4.69) is 5.10 Å². The topological polar surface area (TPSA) is 27.1 Å². The minimum atomic E-state index is -0.886. The lowest BCUT2D eigenvalue weighted by Gasteiger charge is -2.01. The Kier molecular flexibility index (Phi) is 2.60. The first-order valence-electron chi connectivity index (χ1n) is 4.65. The summed E-state index contributed by atoms with van der Waals surface area (Å²) in [4.78, 5) is 0. The average Bonchev–Trinajstić information content (AvgIpc) is 2.63. The number of methoxy groups -OCH3 is 1. The number of hydrogen-bond acceptors (Lipinski definition) is 2. The predicted molar refractivity (Wildman–Crippen MR) is 55.1 cm³/mol. The van der Waals surface area contributed by atoms with Gasteiger partial charge >= 0.3 is 0 Å². The van der Waals surface area contributed by atoms with Crippen LogP contribution in [-0.4, -0.2) is 16.9 Å². The fourth-order valence-corrected chi connectivity index (χ4v) is 1.48. The Balaban J connectivity index is 2.53. The normalized spacial score (nSPS) is 10.5. The molecule has 2 rings (SSSR count). The van der Waals surface area contributed by atoms with Gasteiger partial charge in [0.1, 0.15) is 0 Å². The summed E-state index contributed by atoms with van der Waals surface area (Å²) in [6.07, 6.45) is 1.69. The monoisotopic (exact) mass is 224 g/mol. The summed E-state index contributed by atoms with van der Waals surface area (Å²) in [5, 5.41) is 4.04. The summed E-state index contributed by atoms with van der Waals surface area (Å²) < 4.78 is 32.4. The lowest BCUT2D eigenvalue weighted by atomic mass is 10.1. The van der Waals surface area contributed by atoms with Crippen molar-refractivity contribution in [3.8, 4) is 17.0 Å². The highest BCUT2D eigenvalue weighted by Gasteiger charge is 2.12. The first-order valence-corrected chi connectivity index (χ1v) is 4.65. The molecule has 0 aliphatic rings. The molecule has 1 heterocycles. The Hall–Kier alpha value is -1.91. The van der Waals surface area contributed by atoms with E-state index in [1.54, 1.807) is 17.9 Å². The summed E-state index contributed by atoms with van der Waals surface area (Å²) in [7, 11) is 3.21. The molecule has 0 unspecified atom stereocenters. The number of nitrogens with zero attached hydrogens (tertiary/aromatic N) is 2. The third-order valence-electron chi connectivity index (χ3n) is 2.22. The van der Waals surface area contributed by atoms with E-state index in [9.17, 15) is 8.78 Å². The molecule has 16 heavy (non-hydrogen) atoms. The fourth-order valence-electron chi connectivity index (χ4n) is 1.48. The Bertz CT molecular complexity index is 523. The van der Waals surface area contributed by atoms with Crippen molar-refractivity contribution >= 4 is 0 Å². The van der Waals surface area contributed by atoms with E-state index < -0.39 is 11.6 Å². The van der Waals surface area contributed by atoms with Gasteiger partial charge in [-0.3, -0.25) is 4.68 Å². The van der Waals surface area contributed by atoms with Crippen LogP contribution in [0.4, 0.5) is 8.78 Å². The summed E-state index contributed by atoms with van der Waals surface area (Å²) in [6, 6.07) is 3.68. The molecule has 0 N–H and O–H groups in total. The molecule has 0 saturated carbocycles. The molecule has 5 heteroatoms. The molecule has 2 aromatic rings. The van der Waals surface area contributed by atoms with E-state index in [0.717, 1.165) is 12.1 Å². The van der Waals surface area contributed by atoms with Crippen molar-refractivity contribution in [3.05, 3.63) is 36.0 Å². The van der Waals surface area contributed by atoms with Crippen molar-refractivity contribution in [2.75, 3.05) is 7.11 Å². The van der Waals surface area contributed by atoms with Crippen molar-refractivity contribution < 1.29 is 13.5 Å². The smallest absolute Gasteiger partial charge is 0.240 e. The van der Waals surface area contributed by atoms with Crippen LogP contribution in [0, 0.1) is 11.6 Å². The van der Waals surface area contributed by atoms with E-state index in [1.165, 1.54) is 13.2 Å². The van der Waals surface area contributed by atoms with E-state index in [4.69, 9.17) is 4.74 Å². The first-order chi connectivity index (χ1) is 7.61. The third kappa shape index (κ3) is 1.76. The van der Waals surface area contributed by atoms with Crippen molar-refractivity contribution in [1.29, 1.82) is 0 Å². The molecule has 3 nitrogen and oxygen atoms in total. The van der Waals surface area contributed by atoms with E-state index in [-0.39, 0.29) is 0 Å². The van der Waals surface area contributed by atoms with Crippen LogP contribution in [-0.2, 0) is 7.05 Å². The number of benzene rings is 1. The molecule has 0 saturated heterocycles. The molecular weight excluding hydrogens is 214 g/mol. The van der Waals surface area contributed by atoms with Crippen molar-refractivity contribution in [2.45, 2.75) is 0 Å². The van der Waals surface area contributed by atoms with Crippen LogP contribution in [0.1, 0.15) is 0 Å². The van der Waals surface area contributed by atoms with Gasteiger partial charge in [0, 0.05) is 13.2 Å². The van der Waals surface area contributed by atoms with Crippen LogP contribution in [0.5, 0.6) is 5.88 Å². The Morgan fingerprint density at radius 1 is 1.25 bits per heavy atom. The van der Waals surface area contributed by atoms with E-state index in [1.807, 2.05) is 0 Å². The highest BCUT2D eigenvalue weighted by molar-refractivity contribution is 5.67. The van der Waals surface area contributed by atoms with Gasteiger partial charge < -0.3 is 4.74 Å². The largest absolute Gasteiger partial charge is 0.479 e. The van der Waals surface area contributed by atoms with Gasteiger partial charge in [0.2, 0.25) is 5.88 Å². The van der Waals surface area contributed by atoms with Crippen LogP contribution in [0.2, 0.25) is 0 Å². The lowest BCUT2D eigenvalue weighted by molar-refractivity contribution is 0.393. The molecule has 1 aromatic heterocycles. The molecule has 0 atom stereocenters. The quantitative estimate of drug-likeness (QED) is 0.783. The van der Waals surface area contributed by atoms with Gasteiger partial charge in [-0.25, -0.2) is 8.78 Å². The average molecular weight is 224 g/mol. The number of hydrogen-bond donors (Lipinski definition) is 0. The summed E-state index contributed by atoms with van der Waals surface area (Å²) in [5.74, 6) is -1.37. The maximum Gasteiger partial charge on any atom is 0.240 e. The molecule has 0 aliphatic carbocycles. The zero-order chi connectivity index (χ0) is 11.7. The van der Waals surface area contributed by atoms with Crippen molar-refractivity contribution in [3.63, 3.8) is 0 Å². The van der Waals surface area contributed by atoms with E-state index in [0.29, 0.717) is 17.0 Å². The van der Waals surface area contributed by atoms with Gasteiger partial charge in [-0.2, -0.15) is 0 Å². The number of rotatable bonds is 2. The summed E-state index contributed by atoms with van der Waals surface area (Å²) >= 11 is 0. The summed E-state index contributed by atoms with van der Waals surface area (Å²) in [5.41, 5.74) is 1.16. The Morgan fingerprint density at radius 3 is 2.62 bits per heavy atom. The van der Waals surface area contributed by atoms with Crippen LogP contribution in [0.15, 0.2) is 24.4 Å². The lowest BCUT2D eigenvalue weighted by Crippen LogP contribution is -1.89. The maximum absolute atomic E-state index is 13.1. The third-order valence-corrected chi connectivity index (χ3v) is 2.22. The number of ether oxygens (including phenoxy) is 1.